The van der Waals surface area contributed by atoms with Gasteiger partial charge in [-0.2, -0.15) is 0 Å². The molecule has 0 fully saturated rings. The van der Waals surface area contributed by atoms with Crippen molar-refractivity contribution in [3.8, 4) is 5.75 Å². The monoisotopic (exact) mass is 373 g/mol. The molecule has 1 unspecified atom stereocenters. The fourth-order valence-electron chi connectivity index (χ4n) is 2.94. The Kier molecular flexibility index (Phi) is 7.61. The van der Waals surface area contributed by atoms with Crippen LogP contribution in [0.5, 0.6) is 5.75 Å². The molecule has 0 bridgehead atoms. The number of amides is 1. The summed E-state index contributed by atoms with van der Waals surface area (Å²) in [5.41, 5.74) is 0.661. The number of carboxylic acids is 1. The second-order valence-corrected chi connectivity index (χ2v) is 6.95. The molecular formula is C21H27NO5. The first-order valence-corrected chi connectivity index (χ1v) is 9.14. The summed E-state index contributed by atoms with van der Waals surface area (Å²) < 4.78 is 11.0. The number of ether oxygens (including phenoxy) is 2. The molecule has 6 nitrogen and oxygen atoms in total. The minimum Gasteiger partial charge on any atom is -0.481 e. The quantitative estimate of drug-likeness (QED) is 0.655. The Morgan fingerprint density at radius 1 is 1.07 bits per heavy atom. The Hall–Kier alpha value is -2.60. The highest BCUT2D eigenvalue weighted by molar-refractivity contribution is 6.04. The van der Waals surface area contributed by atoms with E-state index in [4.69, 9.17) is 14.6 Å². The van der Waals surface area contributed by atoms with Crippen LogP contribution in [-0.2, 0) is 14.3 Å². The molecule has 6 heteroatoms. The number of carboxylic acid groups (broad SMARTS) is 1. The zero-order chi connectivity index (χ0) is 19.8. The van der Waals surface area contributed by atoms with E-state index in [0.29, 0.717) is 24.0 Å². The van der Waals surface area contributed by atoms with Crippen LogP contribution in [0.15, 0.2) is 36.4 Å². The molecule has 1 atom stereocenters. The van der Waals surface area contributed by atoms with E-state index in [-0.39, 0.29) is 18.4 Å². The van der Waals surface area contributed by atoms with Gasteiger partial charge >= 0.3 is 5.97 Å². The summed E-state index contributed by atoms with van der Waals surface area (Å²) in [5.74, 6) is -0.141. The Morgan fingerprint density at radius 2 is 1.78 bits per heavy atom. The van der Waals surface area contributed by atoms with Gasteiger partial charge in [0.15, 0.2) is 6.61 Å². The van der Waals surface area contributed by atoms with Crippen LogP contribution in [0.3, 0.4) is 0 Å². The first-order valence-electron chi connectivity index (χ1n) is 9.14. The fourth-order valence-corrected chi connectivity index (χ4v) is 2.94. The highest BCUT2D eigenvalue weighted by atomic mass is 16.5. The molecule has 0 aliphatic carbocycles. The molecule has 2 N–H and O–H groups in total. The minimum absolute atomic E-state index is 0.129. The average molecular weight is 373 g/mol. The van der Waals surface area contributed by atoms with Crippen molar-refractivity contribution in [2.75, 3.05) is 18.5 Å². The van der Waals surface area contributed by atoms with Crippen LogP contribution in [0.2, 0.25) is 0 Å². The normalized spacial score (nSPS) is 12.1. The Labute approximate surface area is 159 Å². The number of anilines is 1. The molecule has 2 aromatic rings. The van der Waals surface area contributed by atoms with Crippen molar-refractivity contribution in [1.82, 2.24) is 0 Å². The van der Waals surface area contributed by atoms with E-state index in [9.17, 15) is 9.59 Å². The van der Waals surface area contributed by atoms with E-state index in [0.717, 1.165) is 17.2 Å². The molecule has 0 aliphatic rings. The molecule has 0 aliphatic heterocycles. The van der Waals surface area contributed by atoms with Crippen molar-refractivity contribution >= 4 is 28.3 Å². The second-order valence-electron chi connectivity index (χ2n) is 6.95. The van der Waals surface area contributed by atoms with E-state index in [1.807, 2.05) is 31.2 Å². The van der Waals surface area contributed by atoms with Gasteiger partial charge in [-0.1, -0.05) is 38.1 Å². The Balaban J connectivity index is 2.01. The number of fused-ring (bicyclic) bond motifs is 1. The van der Waals surface area contributed by atoms with Gasteiger partial charge in [0, 0.05) is 16.5 Å². The topological polar surface area (TPSA) is 84.9 Å². The lowest BCUT2D eigenvalue weighted by Crippen LogP contribution is -2.18. The highest BCUT2D eigenvalue weighted by Crippen LogP contribution is 2.31. The van der Waals surface area contributed by atoms with Crippen LogP contribution in [0.25, 0.3) is 10.8 Å². The predicted octanol–water partition coefficient (Wildman–Crippen LogP) is 4.08. The zero-order valence-corrected chi connectivity index (χ0v) is 16.0. The zero-order valence-electron chi connectivity index (χ0n) is 16.0. The van der Waals surface area contributed by atoms with Gasteiger partial charge in [0.2, 0.25) is 5.91 Å². The molecule has 1 amide bonds. The summed E-state index contributed by atoms with van der Waals surface area (Å²) in [6.45, 7) is 6.25. The maximum Gasteiger partial charge on any atom is 0.341 e. The summed E-state index contributed by atoms with van der Waals surface area (Å²) in [4.78, 5) is 23.0. The number of hydrogen-bond donors (Lipinski definition) is 2. The maximum absolute atomic E-state index is 12.3. The van der Waals surface area contributed by atoms with E-state index in [2.05, 4.69) is 19.2 Å². The molecule has 0 spiro atoms. The van der Waals surface area contributed by atoms with Gasteiger partial charge in [-0.15, -0.1) is 0 Å². The summed E-state index contributed by atoms with van der Waals surface area (Å²) in [6, 6.07) is 10.8. The standard InChI is InChI=1S/C21H27NO5/c1-14(2)12-15(3)26-11-10-20(23)22-18-8-9-19(27-13-21(24)25)17-7-5-4-6-16(17)18/h4-9,14-15H,10-13H2,1-3H3,(H,22,23)(H,24,25). The van der Waals surface area contributed by atoms with Gasteiger partial charge in [0.1, 0.15) is 5.75 Å². The number of carbonyl (C=O) groups excluding carboxylic acids is 1. The molecule has 27 heavy (non-hydrogen) atoms. The summed E-state index contributed by atoms with van der Waals surface area (Å²) in [5, 5.41) is 13.2. The molecule has 146 valence electrons. The molecule has 0 saturated heterocycles. The SMILES string of the molecule is CC(C)CC(C)OCCC(=O)Nc1ccc(OCC(=O)O)c2ccccc12. The molecular weight excluding hydrogens is 346 g/mol. The first-order chi connectivity index (χ1) is 12.9. The van der Waals surface area contributed by atoms with Crippen molar-refractivity contribution in [3.05, 3.63) is 36.4 Å². The molecule has 0 radical (unpaired) electrons. The van der Waals surface area contributed by atoms with Gasteiger partial charge in [-0.25, -0.2) is 4.79 Å². The third-order valence-electron chi connectivity index (χ3n) is 4.04. The number of carbonyl (C=O) groups is 2. The average Bonchev–Trinajstić information content (AvgIpc) is 2.60. The smallest absolute Gasteiger partial charge is 0.341 e. The van der Waals surface area contributed by atoms with Gasteiger partial charge in [0.25, 0.3) is 0 Å². The van der Waals surface area contributed by atoms with Gasteiger partial charge < -0.3 is 19.9 Å². The van der Waals surface area contributed by atoms with Crippen LogP contribution >= 0.6 is 0 Å². The lowest BCUT2D eigenvalue weighted by molar-refractivity contribution is -0.139. The summed E-state index contributed by atoms with van der Waals surface area (Å²) in [6.07, 6.45) is 1.36. The molecule has 2 rings (SSSR count). The van der Waals surface area contributed by atoms with Crippen molar-refractivity contribution < 1.29 is 24.2 Å². The third-order valence-corrected chi connectivity index (χ3v) is 4.04. The van der Waals surface area contributed by atoms with Crippen LogP contribution in [0.1, 0.15) is 33.6 Å². The van der Waals surface area contributed by atoms with Gasteiger partial charge in [0.05, 0.1) is 19.1 Å². The first kappa shape index (κ1) is 20.7. The molecule has 0 aromatic heterocycles. The molecule has 0 saturated carbocycles. The largest absolute Gasteiger partial charge is 0.481 e. The minimum atomic E-state index is -1.04. The number of rotatable bonds is 10. The van der Waals surface area contributed by atoms with E-state index >= 15 is 0 Å². The van der Waals surface area contributed by atoms with Crippen molar-refractivity contribution in [1.29, 1.82) is 0 Å². The number of nitrogens with one attached hydrogen (secondary N) is 1. The summed E-state index contributed by atoms with van der Waals surface area (Å²) >= 11 is 0. The molecule has 0 heterocycles. The lowest BCUT2D eigenvalue weighted by Gasteiger charge is -2.15. The Bertz CT molecular complexity index is 787. The fraction of sp³-hybridized carbons (Fsp3) is 0.429. The van der Waals surface area contributed by atoms with E-state index in [1.165, 1.54) is 0 Å². The lowest BCUT2D eigenvalue weighted by atomic mass is 10.1. The van der Waals surface area contributed by atoms with Crippen molar-refractivity contribution in [2.24, 2.45) is 5.92 Å². The Morgan fingerprint density at radius 3 is 2.44 bits per heavy atom. The number of benzene rings is 2. The van der Waals surface area contributed by atoms with Crippen LogP contribution in [-0.4, -0.2) is 36.3 Å². The number of hydrogen-bond acceptors (Lipinski definition) is 4. The van der Waals surface area contributed by atoms with Gasteiger partial charge in [-0.3, -0.25) is 4.79 Å². The molecule has 2 aromatic carbocycles. The van der Waals surface area contributed by atoms with E-state index in [1.54, 1.807) is 12.1 Å². The van der Waals surface area contributed by atoms with Crippen molar-refractivity contribution in [2.45, 2.75) is 39.7 Å². The predicted molar refractivity (Wildman–Crippen MR) is 105 cm³/mol. The van der Waals surface area contributed by atoms with Crippen molar-refractivity contribution in [3.63, 3.8) is 0 Å². The van der Waals surface area contributed by atoms with E-state index < -0.39 is 12.6 Å². The third kappa shape index (κ3) is 6.57. The maximum atomic E-state index is 12.3. The second kappa shape index (κ2) is 9.92. The van der Waals surface area contributed by atoms with Crippen LogP contribution < -0.4 is 10.1 Å². The summed E-state index contributed by atoms with van der Waals surface area (Å²) in [7, 11) is 0. The van der Waals surface area contributed by atoms with Crippen LogP contribution in [0, 0.1) is 5.92 Å². The highest BCUT2D eigenvalue weighted by Gasteiger charge is 2.11. The van der Waals surface area contributed by atoms with Gasteiger partial charge in [-0.05, 0) is 31.4 Å². The van der Waals surface area contributed by atoms with Crippen LogP contribution in [0.4, 0.5) is 5.69 Å². The number of aliphatic carboxylic acids is 1.